The normalized spacial score (nSPS) is 28.9. The van der Waals surface area contributed by atoms with E-state index >= 15 is 0 Å². The molecule has 0 radical (unpaired) electrons. The fraction of sp³-hybridized carbons (Fsp3) is 0.833. The Hall–Kier alpha value is -1.06. The Morgan fingerprint density at radius 3 is 2.69 bits per heavy atom. The Morgan fingerprint density at radius 2 is 2.12 bits per heavy atom. The summed E-state index contributed by atoms with van der Waals surface area (Å²) in [6.07, 6.45) is 3.65. The summed E-state index contributed by atoms with van der Waals surface area (Å²) in [6.45, 7) is 3.84. The van der Waals surface area contributed by atoms with Crippen LogP contribution >= 0.6 is 0 Å². The van der Waals surface area contributed by atoms with E-state index in [1.54, 1.807) is 6.92 Å². The molecule has 1 heterocycles. The average molecular weight is 228 g/mol. The largest absolute Gasteiger partial charge is 0.469 e. The van der Waals surface area contributed by atoms with Crippen molar-refractivity contribution in [3.63, 3.8) is 0 Å². The Morgan fingerprint density at radius 1 is 1.44 bits per heavy atom. The maximum atomic E-state index is 11.6. The minimum atomic E-state index is -0.422. The smallest absolute Gasteiger partial charge is 0.313 e. The molecule has 0 unspecified atom stereocenters. The van der Waals surface area contributed by atoms with Gasteiger partial charge in [-0.25, -0.2) is 0 Å². The van der Waals surface area contributed by atoms with Gasteiger partial charge >= 0.3 is 11.9 Å². The molecule has 1 fully saturated rings. The van der Waals surface area contributed by atoms with E-state index in [-0.39, 0.29) is 24.0 Å². The van der Waals surface area contributed by atoms with Crippen LogP contribution in [0.15, 0.2) is 0 Å². The highest BCUT2D eigenvalue weighted by molar-refractivity contribution is 5.85. The van der Waals surface area contributed by atoms with Gasteiger partial charge in [0.05, 0.1) is 13.0 Å². The molecule has 1 rings (SSSR count). The van der Waals surface area contributed by atoms with Crippen LogP contribution in [-0.2, 0) is 19.1 Å². The fourth-order valence-corrected chi connectivity index (χ4v) is 2.12. The Bertz CT molecular complexity index is 262. The summed E-state index contributed by atoms with van der Waals surface area (Å²) >= 11 is 0. The van der Waals surface area contributed by atoms with Crippen LogP contribution in [0.3, 0.4) is 0 Å². The Kier molecular flexibility index (Phi) is 4.77. The lowest BCUT2D eigenvalue weighted by Gasteiger charge is -2.16. The number of hydrogen-bond acceptors (Lipinski definition) is 4. The van der Waals surface area contributed by atoms with Gasteiger partial charge in [0, 0.05) is 0 Å². The molecule has 0 amide bonds. The van der Waals surface area contributed by atoms with Crippen molar-refractivity contribution < 1.29 is 19.1 Å². The first-order valence-corrected chi connectivity index (χ1v) is 5.90. The van der Waals surface area contributed by atoms with Crippen LogP contribution in [0.4, 0.5) is 0 Å². The number of methoxy groups -OCH3 is 1. The lowest BCUT2D eigenvalue weighted by atomic mass is 9.89. The molecule has 92 valence electrons. The molecule has 4 heteroatoms. The van der Waals surface area contributed by atoms with E-state index in [4.69, 9.17) is 9.47 Å². The van der Waals surface area contributed by atoms with E-state index < -0.39 is 5.92 Å². The Balaban J connectivity index is 2.60. The molecule has 0 spiro atoms. The predicted molar refractivity (Wildman–Crippen MR) is 58.7 cm³/mol. The zero-order valence-electron chi connectivity index (χ0n) is 10.2. The van der Waals surface area contributed by atoms with E-state index in [1.165, 1.54) is 7.11 Å². The van der Waals surface area contributed by atoms with Crippen molar-refractivity contribution in [2.45, 2.75) is 45.6 Å². The highest BCUT2D eigenvalue weighted by atomic mass is 16.6. The molecule has 1 aliphatic rings. The van der Waals surface area contributed by atoms with Gasteiger partial charge in [0.2, 0.25) is 0 Å². The molecule has 0 aliphatic carbocycles. The van der Waals surface area contributed by atoms with Crippen LogP contribution in [0.5, 0.6) is 0 Å². The second kappa shape index (κ2) is 5.87. The van der Waals surface area contributed by atoms with Gasteiger partial charge in [0.15, 0.2) is 0 Å². The van der Waals surface area contributed by atoms with E-state index in [0.29, 0.717) is 0 Å². The highest BCUT2D eigenvalue weighted by Gasteiger charge is 2.46. The lowest BCUT2D eigenvalue weighted by molar-refractivity contribution is -0.148. The standard InChI is InChI=1S/C12H20O4/c1-4-5-6-7-9-10(12(14)15-3)8(2)11(13)16-9/h8-10H,4-7H2,1-3H3/t8-,9+,10+/m1/s1. The van der Waals surface area contributed by atoms with Crippen molar-refractivity contribution in [2.75, 3.05) is 7.11 Å². The van der Waals surface area contributed by atoms with Crippen LogP contribution in [0.2, 0.25) is 0 Å². The summed E-state index contributed by atoms with van der Waals surface area (Å²) in [7, 11) is 1.35. The van der Waals surface area contributed by atoms with Crippen LogP contribution in [0, 0.1) is 11.8 Å². The number of unbranched alkanes of at least 4 members (excludes halogenated alkanes) is 2. The summed E-state index contributed by atoms with van der Waals surface area (Å²) in [5.41, 5.74) is 0. The van der Waals surface area contributed by atoms with E-state index in [0.717, 1.165) is 25.7 Å². The number of esters is 2. The van der Waals surface area contributed by atoms with Gasteiger partial charge in [-0.1, -0.05) is 26.7 Å². The molecular formula is C12H20O4. The van der Waals surface area contributed by atoms with E-state index in [9.17, 15) is 9.59 Å². The molecule has 0 aromatic carbocycles. The molecule has 1 aliphatic heterocycles. The third-order valence-corrected chi connectivity index (χ3v) is 3.14. The first kappa shape index (κ1) is 13.0. The van der Waals surface area contributed by atoms with Crippen molar-refractivity contribution in [1.82, 2.24) is 0 Å². The molecule has 0 N–H and O–H groups in total. The number of cyclic esters (lactones) is 1. The van der Waals surface area contributed by atoms with Crippen molar-refractivity contribution in [1.29, 1.82) is 0 Å². The van der Waals surface area contributed by atoms with Crippen molar-refractivity contribution >= 4 is 11.9 Å². The quantitative estimate of drug-likeness (QED) is 0.533. The van der Waals surface area contributed by atoms with Crippen LogP contribution in [0.1, 0.15) is 39.5 Å². The van der Waals surface area contributed by atoms with Gasteiger partial charge in [-0.15, -0.1) is 0 Å². The van der Waals surface area contributed by atoms with Crippen LogP contribution < -0.4 is 0 Å². The molecule has 0 bridgehead atoms. The van der Waals surface area contributed by atoms with Gasteiger partial charge in [-0.3, -0.25) is 9.59 Å². The van der Waals surface area contributed by atoms with Gasteiger partial charge in [0.1, 0.15) is 12.0 Å². The molecule has 3 atom stereocenters. The molecule has 0 saturated carbocycles. The number of carbonyl (C=O) groups is 2. The van der Waals surface area contributed by atoms with Crippen LogP contribution in [0.25, 0.3) is 0 Å². The van der Waals surface area contributed by atoms with Crippen molar-refractivity contribution in [3.8, 4) is 0 Å². The molecule has 0 aromatic rings. The van der Waals surface area contributed by atoms with Crippen molar-refractivity contribution in [2.24, 2.45) is 11.8 Å². The third kappa shape index (κ3) is 2.74. The summed E-state index contributed by atoms with van der Waals surface area (Å²) in [4.78, 5) is 23.0. The average Bonchev–Trinajstić information content (AvgIpc) is 2.55. The SMILES string of the molecule is CCCCC[C@@H]1OC(=O)[C@H](C)[C@@H]1C(=O)OC. The van der Waals surface area contributed by atoms with Crippen molar-refractivity contribution in [3.05, 3.63) is 0 Å². The number of rotatable bonds is 5. The van der Waals surface area contributed by atoms with Gasteiger partial charge in [-0.05, 0) is 12.8 Å². The summed E-state index contributed by atoms with van der Waals surface area (Å²) in [5.74, 6) is -1.41. The van der Waals surface area contributed by atoms with Gasteiger partial charge in [-0.2, -0.15) is 0 Å². The van der Waals surface area contributed by atoms with Gasteiger partial charge in [0.25, 0.3) is 0 Å². The molecule has 16 heavy (non-hydrogen) atoms. The number of hydrogen-bond donors (Lipinski definition) is 0. The Labute approximate surface area is 96.3 Å². The lowest BCUT2D eigenvalue weighted by Crippen LogP contribution is -2.29. The first-order valence-electron chi connectivity index (χ1n) is 5.90. The second-order valence-corrected chi connectivity index (χ2v) is 4.31. The first-order chi connectivity index (χ1) is 7.61. The maximum absolute atomic E-state index is 11.6. The predicted octanol–water partition coefficient (Wildman–Crippen LogP) is 1.92. The topological polar surface area (TPSA) is 52.6 Å². The number of carbonyl (C=O) groups excluding carboxylic acids is 2. The zero-order valence-corrected chi connectivity index (χ0v) is 10.2. The minimum absolute atomic E-state index is 0.281. The zero-order chi connectivity index (χ0) is 12.1. The van der Waals surface area contributed by atoms with E-state index in [1.807, 2.05) is 0 Å². The molecule has 1 saturated heterocycles. The summed E-state index contributed by atoms with van der Waals surface area (Å²) < 4.78 is 9.93. The van der Waals surface area contributed by atoms with Gasteiger partial charge < -0.3 is 9.47 Å². The maximum Gasteiger partial charge on any atom is 0.313 e. The third-order valence-electron chi connectivity index (χ3n) is 3.14. The van der Waals surface area contributed by atoms with Crippen LogP contribution in [-0.4, -0.2) is 25.2 Å². The highest BCUT2D eigenvalue weighted by Crippen LogP contribution is 2.32. The summed E-state index contributed by atoms with van der Waals surface area (Å²) in [6, 6.07) is 0. The molecule has 0 aromatic heterocycles. The van der Waals surface area contributed by atoms with E-state index in [2.05, 4.69) is 6.92 Å². The second-order valence-electron chi connectivity index (χ2n) is 4.31. The summed E-state index contributed by atoms with van der Waals surface area (Å²) in [5, 5.41) is 0. The fourth-order valence-electron chi connectivity index (χ4n) is 2.12. The molecular weight excluding hydrogens is 208 g/mol. The molecule has 4 nitrogen and oxygen atoms in total. The monoisotopic (exact) mass is 228 g/mol. The minimum Gasteiger partial charge on any atom is -0.469 e. The number of ether oxygens (including phenoxy) is 2.